The van der Waals surface area contributed by atoms with E-state index in [-0.39, 0.29) is 5.78 Å². The number of methoxy groups -OCH3 is 1. The maximum absolute atomic E-state index is 12.5. The molecule has 3 rings (SSSR count). The van der Waals surface area contributed by atoms with Gasteiger partial charge in [-0.2, -0.15) is 0 Å². The second-order valence-corrected chi connectivity index (χ2v) is 9.09. The number of carbonyl (C=O) groups excluding carboxylic acids is 1. The molecule has 0 amide bonds. The molecule has 2 aromatic carbocycles. The zero-order valence-electron chi connectivity index (χ0n) is 17.8. The molecule has 0 aliphatic heterocycles. The molecule has 0 aliphatic carbocycles. The van der Waals surface area contributed by atoms with Crippen LogP contribution in [0.25, 0.3) is 6.08 Å². The molecule has 0 aliphatic rings. The number of hydrogen-bond acceptors (Lipinski definition) is 4. The van der Waals surface area contributed by atoms with Crippen molar-refractivity contribution in [1.29, 1.82) is 0 Å². The van der Waals surface area contributed by atoms with Gasteiger partial charge in [-0.3, -0.25) is 4.79 Å². The summed E-state index contributed by atoms with van der Waals surface area (Å²) in [6.07, 6.45) is 3.45. The number of allylic oxidation sites excluding steroid dienone is 1. The minimum Gasteiger partial charge on any atom is -0.496 e. The minimum atomic E-state index is 0.0117. The fourth-order valence-corrected chi connectivity index (χ4v) is 4.34. The number of thiophene rings is 1. The molecule has 3 aromatic rings. The van der Waals surface area contributed by atoms with Gasteiger partial charge in [-0.05, 0) is 80.8 Å². The van der Waals surface area contributed by atoms with Crippen molar-refractivity contribution in [1.82, 2.24) is 0 Å². The minimum absolute atomic E-state index is 0.0117. The van der Waals surface area contributed by atoms with Crippen LogP contribution in [0.5, 0.6) is 11.5 Å². The Morgan fingerprint density at radius 3 is 2.37 bits per heavy atom. The molecule has 156 valence electrons. The van der Waals surface area contributed by atoms with E-state index in [0.29, 0.717) is 6.61 Å². The number of benzene rings is 2. The molecule has 0 saturated carbocycles. The Kier molecular flexibility index (Phi) is 7.01. The van der Waals surface area contributed by atoms with Crippen molar-refractivity contribution in [3.05, 3.63) is 85.1 Å². The van der Waals surface area contributed by atoms with Crippen molar-refractivity contribution < 1.29 is 14.3 Å². The van der Waals surface area contributed by atoms with Crippen molar-refractivity contribution in [3.63, 3.8) is 0 Å². The molecule has 0 N–H and O–H groups in total. The van der Waals surface area contributed by atoms with Crippen LogP contribution in [0.4, 0.5) is 0 Å². The molecule has 0 fully saturated rings. The zero-order chi connectivity index (χ0) is 21.8. The number of rotatable bonds is 7. The molecule has 5 heteroatoms. The highest BCUT2D eigenvalue weighted by atomic mass is 35.5. The summed E-state index contributed by atoms with van der Waals surface area (Å²) in [5.41, 5.74) is 4.54. The van der Waals surface area contributed by atoms with Crippen LogP contribution in [-0.2, 0) is 6.61 Å². The number of aryl methyl sites for hydroxylation is 4. The van der Waals surface area contributed by atoms with E-state index in [1.165, 1.54) is 0 Å². The van der Waals surface area contributed by atoms with Crippen LogP contribution in [0.1, 0.15) is 42.4 Å². The van der Waals surface area contributed by atoms with E-state index < -0.39 is 0 Å². The van der Waals surface area contributed by atoms with Gasteiger partial charge in [-0.1, -0.05) is 23.7 Å². The van der Waals surface area contributed by atoms with Crippen LogP contribution < -0.4 is 9.47 Å². The Balaban J connectivity index is 1.78. The van der Waals surface area contributed by atoms with Crippen molar-refractivity contribution in [2.75, 3.05) is 7.11 Å². The molecule has 0 saturated heterocycles. The maximum Gasteiger partial charge on any atom is 0.186 e. The first-order valence-corrected chi connectivity index (χ1v) is 10.8. The van der Waals surface area contributed by atoms with Crippen LogP contribution in [0, 0.1) is 27.7 Å². The highest BCUT2D eigenvalue weighted by Crippen LogP contribution is 2.28. The summed E-state index contributed by atoms with van der Waals surface area (Å²) in [4.78, 5) is 14.7. The van der Waals surface area contributed by atoms with E-state index in [4.69, 9.17) is 21.1 Å². The first-order chi connectivity index (χ1) is 14.3. The molecule has 30 heavy (non-hydrogen) atoms. The van der Waals surface area contributed by atoms with Gasteiger partial charge in [0.1, 0.15) is 18.1 Å². The largest absolute Gasteiger partial charge is 0.496 e. The third-order valence-electron chi connectivity index (χ3n) is 4.84. The highest BCUT2D eigenvalue weighted by Gasteiger charge is 2.10. The van der Waals surface area contributed by atoms with E-state index in [1.807, 2.05) is 70.2 Å². The Hall–Kier alpha value is -2.56. The lowest BCUT2D eigenvalue weighted by molar-refractivity contribution is 0.104. The SMILES string of the molecule is COc1ccc(/C=C/C(=O)c2cc(C)sc2C)cc1COc1cc(C)c(Cl)c(C)c1. The van der Waals surface area contributed by atoms with E-state index in [1.54, 1.807) is 24.5 Å². The average molecular weight is 441 g/mol. The van der Waals surface area contributed by atoms with Gasteiger partial charge in [-0.25, -0.2) is 0 Å². The number of halogens is 1. The molecule has 0 atom stereocenters. The zero-order valence-corrected chi connectivity index (χ0v) is 19.4. The van der Waals surface area contributed by atoms with Gasteiger partial charge in [0.05, 0.1) is 7.11 Å². The fourth-order valence-electron chi connectivity index (χ4n) is 3.30. The maximum atomic E-state index is 12.5. The summed E-state index contributed by atoms with van der Waals surface area (Å²) in [5, 5.41) is 0.757. The lowest BCUT2D eigenvalue weighted by atomic mass is 10.1. The molecular weight excluding hydrogens is 416 g/mol. The molecule has 0 radical (unpaired) electrons. The second kappa shape index (κ2) is 9.50. The fraction of sp³-hybridized carbons (Fsp3) is 0.240. The van der Waals surface area contributed by atoms with Gasteiger partial charge in [0.15, 0.2) is 5.78 Å². The first kappa shape index (κ1) is 22.1. The van der Waals surface area contributed by atoms with Crippen molar-refractivity contribution >= 4 is 34.8 Å². The Bertz CT molecular complexity index is 1090. The molecule has 0 unspecified atom stereocenters. The summed E-state index contributed by atoms with van der Waals surface area (Å²) in [5.74, 6) is 1.51. The van der Waals surface area contributed by atoms with Gasteiger partial charge in [-0.15, -0.1) is 11.3 Å². The third kappa shape index (κ3) is 5.13. The van der Waals surface area contributed by atoms with Crippen LogP contribution in [0.3, 0.4) is 0 Å². The predicted octanol–water partition coefficient (Wildman–Crippen LogP) is 7.12. The molecule has 0 bridgehead atoms. The number of ketones is 1. The highest BCUT2D eigenvalue weighted by molar-refractivity contribution is 7.12. The van der Waals surface area contributed by atoms with E-state index in [9.17, 15) is 4.79 Å². The summed E-state index contributed by atoms with van der Waals surface area (Å²) < 4.78 is 11.5. The summed E-state index contributed by atoms with van der Waals surface area (Å²) in [6, 6.07) is 11.6. The van der Waals surface area contributed by atoms with Gasteiger partial charge in [0.2, 0.25) is 0 Å². The number of hydrogen-bond donors (Lipinski definition) is 0. The van der Waals surface area contributed by atoms with E-state index >= 15 is 0 Å². The third-order valence-corrected chi connectivity index (χ3v) is 6.40. The van der Waals surface area contributed by atoms with Crippen LogP contribution >= 0.6 is 22.9 Å². The topological polar surface area (TPSA) is 35.5 Å². The molecule has 1 heterocycles. The van der Waals surface area contributed by atoms with Gasteiger partial charge < -0.3 is 9.47 Å². The van der Waals surface area contributed by atoms with Crippen molar-refractivity contribution in [3.8, 4) is 11.5 Å². The Morgan fingerprint density at radius 1 is 1.07 bits per heavy atom. The smallest absolute Gasteiger partial charge is 0.186 e. The lowest BCUT2D eigenvalue weighted by Gasteiger charge is -2.13. The van der Waals surface area contributed by atoms with Crippen molar-refractivity contribution in [2.45, 2.75) is 34.3 Å². The standard InChI is InChI=1S/C25H25ClO3S/c1-15-10-21(11-16(2)25(15)26)29-14-20-13-19(7-9-24(20)28-5)6-8-23(27)22-12-17(3)30-18(22)4/h6-13H,14H2,1-5H3/b8-6+. The van der Waals surface area contributed by atoms with Crippen LogP contribution in [0.2, 0.25) is 5.02 Å². The van der Waals surface area contributed by atoms with E-state index in [0.717, 1.165) is 54.1 Å². The molecule has 3 nitrogen and oxygen atoms in total. The lowest BCUT2D eigenvalue weighted by Crippen LogP contribution is -2.00. The number of ether oxygens (including phenoxy) is 2. The van der Waals surface area contributed by atoms with Gasteiger partial charge in [0.25, 0.3) is 0 Å². The quantitative estimate of drug-likeness (QED) is 0.290. The Morgan fingerprint density at radius 2 is 1.77 bits per heavy atom. The normalized spacial score (nSPS) is 11.1. The van der Waals surface area contributed by atoms with Gasteiger partial charge in [0, 0.05) is 25.9 Å². The molecule has 0 spiro atoms. The summed E-state index contributed by atoms with van der Waals surface area (Å²) in [6.45, 7) is 8.26. The summed E-state index contributed by atoms with van der Waals surface area (Å²) >= 11 is 7.88. The first-order valence-electron chi connectivity index (χ1n) is 9.64. The Labute approximate surface area is 186 Å². The predicted molar refractivity (Wildman–Crippen MR) is 125 cm³/mol. The monoisotopic (exact) mass is 440 g/mol. The van der Waals surface area contributed by atoms with E-state index in [2.05, 4.69) is 0 Å². The number of carbonyl (C=O) groups is 1. The van der Waals surface area contributed by atoms with Gasteiger partial charge >= 0.3 is 0 Å². The van der Waals surface area contributed by atoms with Crippen LogP contribution in [0.15, 0.2) is 42.5 Å². The van der Waals surface area contributed by atoms with Crippen molar-refractivity contribution in [2.24, 2.45) is 0 Å². The molecule has 1 aromatic heterocycles. The summed E-state index contributed by atoms with van der Waals surface area (Å²) in [7, 11) is 1.64. The second-order valence-electron chi connectivity index (χ2n) is 7.26. The average Bonchev–Trinajstić information content (AvgIpc) is 3.06. The van der Waals surface area contributed by atoms with Crippen LogP contribution in [-0.4, -0.2) is 12.9 Å². The molecular formula is C25H25ClO3S.